The fraction of sp³-hybridized carbons (Fsp3) is 0.625. The third kappa shape index (κ3) is 3.18. The molecule has 0 spiro atoms. The molecule has 62 valence electrons. The van der Waals surface area contributed by atoms with Gasteiger partial charge in [-0.1, -0.05) is 6.08 Å². The van der Waals surface area contributed by atoms with E-state index in [2.05, 4.69) is 11.9 Å². The van der Waals surface area contributed by atoms with E-state index in [1.54, 1.807) is 6.08 Å². The van der Waals surface area contributed by atoms with E-state index in [0.717, 1.165) is 12.6 Å². The molecule has 0 aromatic heterocycles. The molecule has 0 aliphatic heterocycles. The van der Waals surface area contributed by atoms with Gasteiger partial charge in [0, 0.05) is 12.6 Å². The summed E-state index contributed by atoms with van der Waals surface area (Å²) in [7, 11) is 2.06. The Morgan fingerprint density at radius 1 is 1.73 bits per heavy atom. The van der Waals surface area contributed by atoms with E-state index in [1.165, 1.54) is 18.9 Å². The molecule has 0 heterocycles. The first kappa shape index (κ1) is 8.27. The highest BCUT2D eigenvalue weighted by molar-refractivity contribution is 5.85. The van der Waals surface area contributed by atoms with Crippen LogP contribution in [0.1, 0.15) is 12.8 Å². The standard InChI is InChI=1S/C8H14N2O/c1-10(7-4-5-7)6-2-3-8(9)11/h2-3,7H,4-6H2,1H3,(H2,9,11). The van der Waals surface area contributed by atoms with Crippen LogP contribution in [-0.4, -0.2) is 30.4 Å². The molecule has 0 saturated heterocycles. The van der Waals surface area contributed by atoms with Gasteiger partial charge in [0.05, 0.1) is 0 Å². The van der Waals surface area contributed by atoms with Crippen molar-refractivity contribution in [1.29, 1.82) is 0 Å². The number of nitrogens with two attached hydrogens (primary N) is 1. The smallest absolute Gasteiger partial charge is 0.241 e. The molecule has 0 aromatic rings. The van der Waals surface area contributed by atoms with E-state index in [0.29, 0.717) is 0 Å². The van der Waals surface area contributed by atoms with Crippen molar-refractivity contribution in [3.05, 3.63) is 12.2 Å². The molecule has 0 aromatic carbocycles. The Morgan fingerprint density at radius 3 is 2.82 bits per heavy atom. The molecule has 0 radical (unpaired) electrons. The monoisotopic (exact) mass is 154 g/mol. The Hall–Kier alpha value is -0.830. The quantitative estimate of drug-likeness (QED) is 0.585. The van der Waals surface area contributed by atoms with Crippen LogP contribution in [0, 0.1) is 0 Å². The van der Waals surface area contributed by atoms with Crippen LogP contribution in [0.2, 0.25) is 0 Å². The van der Waals surface area contributed by atoms with Crippen LogP contribution in [0.5, 0.6) is 0 Å². The second-order valence-electron chi connectivity index (χ2n) is 2.98. The summed E-state index contributed by atoms with van der Waals surface area (Å²) in [6.07, 6.45) is 5.81. The Kier molecular flexibility index (Phi) is 2.65. The maximum Gasteiger partial charge on any atom is 0.241 e. The minimum atomic E-state index is -0.366. The Labute approximate surface area is 66.9 Å². The van der Waals surface area contributed by atoms with Gasteiger partial charge in [0.25, 0.3) is 0 Å². The molecule has 1 aliphatic rings. The van der Waals surface area contributed by atoms with E-state index < -0.39 is 0 Å². The largest absolute Gasteiger partial charge is 0.366 e. The van der Waals surface area contributed by atoms with Crippen LogP contribution in [0.15, 0.2) is 12.2 Å². The lowest BCUT2D eigenvalue weighted by molar-refractivity contribution is -0.113. The van der Waals surface area contributed by atoms with Gasteiger partial charge in [-0.2, -0.15) is 0 Å². The van der Waals surface area contributed by atoms with Gasteiger partial charge in [0.1, 0.15) is 0 Å². The Bertz CT molecular complexity index is 173. The van der Waals surface area contributed by atoms with E-state index in [1.807, 2.05) is 0 Å². The number of primary amides is 1. The molecule has 2 N–H and O–H groups in total. The summed E-state index contributed by atoms with van der Waals surface area (Å²) < 4.78 is 0. The van der Waals surface area contributed by atoms with Gasteiger partial charge >= 0.3 is 0 Å². The van der Waals surface area contributed by atoms with Crippen LogP contribution in [0.3, 0.4) is 0 Å². The van der Waals surface area contributed by atoms with E-state index >= 15 is 0 Å². The summed E-state index contributed by atoms with van der Waals surface area (Å²) in [5.74, 6) is -0.366. The Balaban J connectivity index is 2.14. The topological polar surface area (TPSA) is 46.3 Å². The molecule has 0 bridgehead atoms. The van der Waals surface area contributed by atoms with Crippen LogP contribution < -0.4 is 5.73 Å². The number of carbonyl (C=O) groups excluding carboxylic acids is 1. The third-order valence-corrected chi connectivity index (χ3v) is 1.85. The van der Waals surface area contributed by atoms with E-state index in [4.69, 9.17) is 5.73 Å². The third-order valence-electron chi connectivity index (χ3n) is 1.85. The van der Waals surface area contributed by atoms with E-state index in [-0.39, 0.29) is 5.91 Å². The number of nitrogens with zero attached hydrogens (tertiary/aromatic N) is 1. The van der Waals surface area contributed by atoms with Crippen molar-refractivity contribution in [2.45, 2.75) is 18.9 Å². The van der Waals surface area contributed by atoms with Gasteiger partial charge < -0.3 is 5.73 Å². The fourth-order valence-corrected chi connectivity index (χ4v) is 1.000. The minimum absolute atomic E-state index is 0.366. The zero-order chi connectivity index (χ0) is 8.27. The lowest BCUT2D eigenvalue weighted by Crippen LogP contribution is -2.20. The van der Waals surface area contributed by atoms with Crippen LogP contribution in [0.4, 0.5) is 0 Å². The van der Waals surface area contributed by atoms with Crippen LogP contribution in [0.25, 0.3) is 0 Å². The van der Waals surface area contributed by atoms with Crippen molar-refractivity contribution in [1.82, 2.24) is 4.90 Å². The average molecular weight is 154 g/mol. The molecule has 1 fully saturated rings. The van der Waals surface area contributed by atoms with E-state index in [9.17, 15) is 4.79 Å². The van der Waals surface area contributed by atoms with Gasteiger partial charge in [0.2, 0.25) is 5.91 Å². The molecule has 1 saturated carbocycles. The maximum absolute atomic E-state index is 10.3. The highest BCUT2D eigenvalue weighted by Crippen LogP contribution is 2.24. The summed E-state index contributed by atoms with van der Waals surface area (Å²) in [6, 6.07) is 0.743. The highest BCUT2D eigenvalue weighted by atomic mass is 16.1. The summed E-state index contributed by atoms with van der Waals surface area (Å²) in [5.41, 5.74) is 4.93. The molecule has 0 atom stereocenters. The fourth-order valence-electron chi connectivity index (χ4n) is 1.000. The summed E-state index contributed by atoms with van der Waals surface area (Å²) in [6.45, 7) is 0.827. The van der Waals surface area contributed by atoms with Crippen molar-refractivity contribution in [3.8, 4) is 0 Å². The van der Waals surface area contributed by atoms with Gasteiger partial charge in [0.15, 0.2) is 0 Å². The zero-order valence-electron chi connectivity index (χ0n) is 6.79. The first-order chi connectivity index (χ1) is 5.20. The molecule has 0 unspecified atom stereocenters. The van der Waals surface area contributed by atoms with Crippen molar-refractivity contribution in [2.24, 2.45) is 5.73 Å². The number of amides is 1. The first-order valence-electron chi connectivity index (χ1n) is 3.86. The lowest BCUT2D eigenvalue weighted by atomic mass is 10.4. The van der Waals surface area contributed by atoms with Gasteiger partial charge in [-0.15, -0.1) is 0 Å². The highest BCUT2D eigenvalue weighted by Gasteiger charge is 2.24. The second kappa shape index (κ2) is 3.53. The van der Waals surface area contributed by atoms with Crippen molar-refractivity contribution >= 4 is 5.91 Å². The number of hydrogen-bond donors (Lipinski definition) is 1. The van der Waals surface area contributed by atoms with Crippen molar-refractivity contribution < 1.29 is 4.79 Å². The predicted octanol–water partition coefficient (Wildman–Crippen LogP) is 0.122. The Morgan fingerprint density at radius 2 is 2.36 bits per heavy atom. The molecular weight excluding hydrogens is 140 g/mol. The van der Waals surface area contributed by atoms with Gasteiger partial charge in [-0.3, -0.25) is 9.69 Å². The van der Waals surface area contributed by atoms with Gasteiger partial charge in [-0.05, 0) is 26.0 Å². The number of hydrogen-bond acceptors (Lipinski definition) is 2. The molecule has 3 heteroatoms. The minimum Gasteiger partial charge on any atom is -0.366 e. The maximum atomic E-state index is 10.3. The zero-order valence-corrected chi connectivity index (χ0v) is 6.79. The molecule has 1 aliphatic carbocycles. The molecular formula is C8H14N2O. The molecule has 3 nitrogen and oxygen atoms in total. The average Bonchev–Trinajstić information content (AvgIpc) is 2.66. The van der Waals surface area contributed by atoms with Crippen LogP contribution in [-0.2, 0) is 4.79 Å². The normalized spacial score (nSPS) is 18.0. The number of rotatable bonds is 4. The first-order valence-corrected chi connectivity index (χ1v) is 3.86. The van der Waals surface area contributed by atoms with Crippen molar-refractivity contribution in [3.63, 3.8) is 0 Å². The van der Waals surface area contributed by atoms with Gasteiger partial charge in [-0.25, -0.2) is 0 Å². The molecule has 1 rings (SSSR count). The molecule has 1 amide bonds. The summed E-state index contributed by atoms with van der Waals surface area (Å²) in [4.78, 5) is 12.5. The van der Waals surface area contributed by atoms with Crippen molar-refractivity contribution in [2.75, 3.05) is 13.6 Å². The number of carbonyl (C=O) groups is 1. The lowest BCUT2D eigenvalue weighted by Gasteiger charge is -2.11. The number of likely N-dealkylation sites (N-methyl/N-ethyl adjacent to an activating group) is 1. The van der Waals surface area contributed by atoms with Crippen LogP contribution >= 0.6 is 0 Å². The summed E-state index contributed by atoms with van der Waals surface area (Å²) >= 11 is 0. The SMILES string of the molecule is CN(CC=CC(N)=O)C1CC1. The molecule has 11 heavy (non-hydrogen) atoms. The second-order valence-corrected chi connectivity index (χ2v) is 2.98. The summed E-state index contributed by atoms with van der Waals surface area (Å²) in [5, 5.41) is 0. The predicted molar refractivity (Wildman–Crippen MR) is 44.0 cm³/mol.